The molecule has 0 saturated carbocycles. The third-order valence-corrected chi connectivity index (χ3v) is 4.03. The average molecular weight is 325 g/mol. The molecule has 1 N–H and O–H groups in total. The Kier molecular flexibility index (Phi) is 4.14. The lowest BCUT2D eigenvalue weighted by atomic mass is 10.2. The van der Waals surface area contributed by atoms with E-state index in [0.29, 0.717) is 5.56 Å². The molecule has 2 rings (SSSR count). The van der Waals surface area contributed by atoms with Crippen molar-refractivity contribution in [3.05, 3.63) is 50.4 Å². The molecule has 2 aromatic rings. The van der Waals surface area contributed by atoms with E-state index in [-0.39, 0.29) is 11.9 Å². The first-order valence-corrected chi connectivity index (χ1v) is 7.22. The minimum absolute atomic E-state index is 0.0884. The van der Waals surface area contributed by atoms with Gasteiger partial charge in [0.15, 0.2) is 0 Å². The zero-order valence-corrected chi connectivity index (χ0v) is 12.5. The molecule has 1 amide bonds. The van der Waals surface area contributed by atoms with Crippen LogP contribution in [0.1, 0.15) is 34.0 Å². The summed E-state index contributed by atoms with van der Waals surface area (Å²) >= 11 is 4.96. The standard InChI is InChI=1S/C13H13BrN2OS/c1-8(12-7-18-9(2)16-12)15-13(17)10-5-3-4-6-11(10)14/h3-8H,1-2H3,(H,15,17). The Labute approximate surface area is 118 Å². The molecule has 5 heteroatoms. The lowest BCUT2D eigenvalue weighted by molar-refractivity contribution is 0.0938. The minimum Gasteiger partial charge on any atom is -0.344 e. The molecule has 18 heavy (non-hydrogen) atoms. The predicted molar refractivity (Wildman–Crippen MR) is 76.9 cm³/mol. The van der Waals surface area contributed by atoms with Gasteiger partial charge < -0.3 is 5.32 Å². The minimum atomic E-state index is -0.0966. The number of carbonyl (C=O) groups excluding carboxylic acids is 1. The van der Waals surface area contributed by atoms with E-state index in [2.05, 4.69) is 26.2 Å². The summed E-state index contributed by atoms with van der Waals surface area (Å²) in [5, 5.41) is 5.92. The van der Waals surface area contributed by atoms with Crippen molar-refractivity contribution in [3.8, 4) is 0 Å². The van der Waals surface area contributed by atoms with Gasteiger partial charge in [0.2, 0.25) is 0 Å². The second-order valence-corrected chi connectivity index (χ2v) is 5.88. The van der Waals surface area contributed by atoms with E-state index in [1.807, 2.05) is 37.4 Å². The van der Waals surface area contributed by atoms with Gasteiger partial charge in [0, 0.05) is 9.85 Å². The van der Waals surface area contributed by atoms with Crippen LogP contribution in [-0.2, 0) is 0 Å². The van der Waals surface area contributed by atoms with E-state index >= 15 is 0 Å². The van der Waals surface area contributed by atoms with Crippen LogP contribution < -0.4 is 5.32 Å². The molecule has 3 nitrogen and oxygen atoms in total. The van der Waals surface area contributed by atoms with Crippen LogP contribution in [0, 0.1) is 6.92 Å². The monoisotopic (exact) mass is 324 g/mol. The highest BCUT2D eigenvalue weighted by Gasteiger charge is 2.15. The van der Waals surface area contributed by atoms with Crippen molar-refractivity contribution in [2.24, 2.45) is 0 Å². The van der Waals surface area contributed by atoms with Gasteiger partial charge in [0.25, 0.3) is 5.91 Å². The number of carbonyl (C=O) groups is 1. The van der Waals surface area contributed by atoms with Crippen molar-refractivity contribution in [2.45, 2.75) is 19.9 Å². The molecule has 0 aliphatic heterocycles. The van der Waals surface area contributed by atoms with Crippen molar-refractivity contribution in [3.63, 3.8) is 0 Å². The summed E-state index contributed by atoms with van der Waals surface area (Å²) in [5.74, 6) is -0.0966. The molecule has 0 fully saturated rings. The summed E-state index contributed by atoms with van der Waals surface area (Å²) in [4.78, 5) is 16.5. The smallest absolute Gasteiger partial charge is 0.252 e. The van der Waals surface area contributed by atoms with Crippen LogP contribution in [0.2, 0.25) is 0 Å². The Morgan fingerprint density at radius 2 is 2.17 bits per heavy atom. The number of halogens is 1. The highest BCUT2D eigenvalue weighted by molar-refractivity contribution is 9.10. The number of aromatic nitrogens is 1. The number of thiazole rings is 1. The number of hydrogen-bond donors (Lipinski definition) is 1. The number of amides is 1. The molecule has 0 saturated heterocycles. The largest absolute Gasteiger partial charge is 0.344 e. The fraction of sp³-hybridized carbons (Fsp3) is 0.231. The maximum absolute atomic E-state index is 12.1. The highest BCUT2D eigenvalue weighted by Crippen LogP contribution is 2.19. The van der Waals surface area contributed by atoms with Crippen LogP contribution in [-0.4, -0.2) is 10.9 Å². The second kappa shape index (κ2) is 5.63. The van der Waals surface area contributed by atoms with Crippen molar-refractivity contribution in [1.29, 1.82) is 0 Å². The zero-order chi connectivity index (χ0) is 13.1. The zero-order valence-electron chi connectivity index (χ0n) is 10.1. The molecule has 0 radical (unpaired) electrons. The van der Waals surface area contributed by atoms with Gasteiger partial charge in [-0.1, -0.05) is 12.1 Å². The van der Waals surface area contributed by atoms with E-state index in [4.69, 9.17) is 0 Å². The number of aryl methyl sites for hydroxylation is 1. The van der Waals surface area contributed by atoms with E-state index in [0.717, 1.165) is 15.2 Å². The first kappa shape index (κ1) is 13.2. The topological polar surface area (TPSA) is 42.0 Å². The fourth-order valence-corrected chi connectivity index (χ4v) is 2.74. The molecular weight excluding hydrogens is 312 g/mol. The fourth-order valence-electron chi connectivity index (χ4n) is 1.57. The Balaban J connectivity index is 2.10. The van der Waals surface area contributed by atoms with Gasteiger partial charge in [-0.05, 0) is 41.9 Å². The van der Waals surface area contributed by atoms with Crippen molar-refractivity contribution >= 4 is 33.2 Å². The molecule has 0 spiro atoms. The molecular formula is C13H13BrN2OS. The normalized spacial score (nSPS) is 12.2. The molecule has 1 heterocycles. The third kappa shape index (κ3) is 2.97. The van der Waals surface area contributed by atoms with Crippen molar-refractivity contribution in [2.75, 3.05) is 0 Å². The summed E-state index contributed by atoms with van der Waals surface area (Å²) in [5.41, 5.74) is 1.54. The van der Waals surface area contributed by atoms with Gasteiger partial charge in [-0.25, -0.2) is 4.98 Å². The van der Waals surface area contributed by atoms with Gasteiger partial charge in [-0.15, -0.1) is 11.3 Å². The van der Waals surface area contributed by atoms with Crippen molar-refractivity contribution in [1.82, 2.24) is 10.3 Å². The molecule has 1 aromatic carbocycles. The van der Waals surface area contributed by atoms with Gasteiger partial charge >= 0.3 is 0 Å². The van der Waals surface area contributed by atoms with Crippen LogP contribution in [0.25, 0.3) is 0 Å². The molecule has 0 aliphatic carbocycles. The van der Waals surface area contributed by atoms with E-state index in [9.17, 15) is 4.79 Å². The number of rotatable bonds is 3. The van der Waals surface area contributed by atoms with Gasteiger partial charge in [0.1, 0.15) is 0 Å². The maximum atomic E-state index is 12.1. The van der Waals surface area contributed by atoms with Gasteiger partial charge in [0.05, 0.1) is 22.3 Å². The highest BCUT2D eigenvalue weighted by atomic mass is 79.9. The lowest BCUT2D eigenvalue weighted by Gasteiger charge is -2.12. The molecule has 1 unspecified atom stereocenters. The Bertz CT molecular complexity index is 568. The van der Waals surface area contributed by atoms with Gasteiger partial charge in [-0.3, -0.25) is 4.79 Å². The number of nitrogens with zero attached hydrogens (tertiary/aromatic N) is 1. The number of nitrogens with one attached hydrogen (secondary N) is 1. The second-order valence-electron chi connectivity index (χ2n) is 3.97. The van der Waals surface area contributed by atoms with Crippen LogP contribution in [0.5, 0.6) is 0 Å². The summed E-state index contributed by atoms with van der Waals surface area (Å²) in [7, 11) is 0. The SMILES string of the molecule is Cc1nc(C(C)NC(=O)c2ccccc2Br)cs1. The third-order valence-electron chi connectivity index (χ3n) is 2.55. The summed E-state index contributed by atoms with van der Waals surface area (Å²) < 4.78 is 0.796. The molecule has 0 aliphatic rings. The number of hydrogen-bond acceptors (Lipinski definition) is 3. The molecule has 94 valence electrons. The molecule has 1 aromatic heterocycles. The summed E-state index contributed by atoms with van der Waals surface area (Å²) in [6.07, 6.45) is 0. The van der Waals surface area contributed by atoms with Crippen LogP contribution in [0.4, 0.5) is 0 Å². The van der Waals surface area contributed by atoms with E-state index in [1.165, 1.54) is 0 Å². The Hall–Kier alpha value is -1.20. The molecule has 1 atom stereocenters. The van der Waals surface area contributed by atoms with Crippen LogP contribution in [0.3, 0.4) is 0 Å². The maximum Gasteiger partial charge on any atom is 0.252 e. The van der Waals surface area contributed by atoms with Crippen molar-refractivity contribution < 1.29 is 4.79 Å². The van der Waals surface area contributed by atoms with Crippen LogP contribution >= 0.6 is 27.3 Å². The van der Waals surface area contributed by atoms with E-state index in [1.54, 1.807) is 17.4 Å². The van der Waals surface area contributed by atoms with Gasteiger partial charge in [-0.2, -0.15) is 0 Å². The average Bonchev–Trinajstić information content (AvgIpc) is 2.76. The number of benzene rings is 1. The van der Waals surface area contributed by atoms with Crippen LogP contribution in [0.15, 0.2) is 34.1 Å². The Morgan fingerprint density at radius 1 is 1.44 bits per heavy atom. The molecule has 0 bridgehead atoms. The summed E-state index contributed by atoms with van der Waals surface area (Å²) in [6, 6.07) is 7.28. The predicted octanol–water partition coefficient (Wildman–Crippen LogP) is 3.71. The first-order valence-electron chi connectivity index (χ1n) is 5.55. The Morgan fingerprint density at radius 3 is 2.78 bits per heavy atom. The first-order chi connectivity index (χ1) is 8.58. The van der Waals surface area contributed by atoms with E-state index < -0.39 is 0 Å². The quantitative estimate of drug-likeness (QED) is 0.935. The lowest BCUT2D eigenvalue weighted by Crippen LogP contribution is -2.27. The summed E-state index contributed by atoms with van der Waals surface area (Å²) in [6.45, 7) is 3.89.